The molecule has 0 aliphatic heterocycles. The van der Waals surface area contributed by atoms with Crippen molar-refractivity contribution in [1.29, 1.82) is 0 Å². The lowest BCUT2D eigenvalue weighted by Crippen LogP contribution is -2.24. The molecule has 158 valence electrons. The fourth-order valence-electron chi connectivity index (χ4n) is 2.59. The Morgan fingerprint density at radius 3 is 2.53 bits per heavy atom. The van der Waals surface area contributed by atoms with Crippen LogP contribution in [0.3, 0.4) is 0 Å². The van der Waals surface area contributed by atoms with E-state index in [0.717, 1.165) is 9.61 Å². The van der Waals surface area contributed by atoms with Crippen LogP contribution < -0.4 is 5.32 Å². The zero-order chi connectivity index (χ0) is 22.1. The van der Waals surface area contributed by atoms with Gasteiger partial charge in [-0.05, 0) is 53.2 Å². The first-order valence-corrected chi connectivity index (χ1v) is 11.1. The lowest BCUT2D eigenvalue weighted by molar-refractivity contribution is -0.115. The first kappa shape index (κ1) is 23.7. The second kappa shape index (κ2) is 11.6. The average Bonchev–Trinajstić information content (AvgIpc) is 3.34. The van der Waals surface area contributed by atoms with Crippen LogP contribution in [0.25, 0.3) is 17.3 Å². The maximum atomic E-state index is 13.2. The molecule has 1 amide bonds. The number of halogens is 2. The Kier molecular flexibility index (Phi) is 9.14. The molecule has 0 atom stereocenters. The quantitative estimate of drug-likeness (QED) is 0.430. The van der Waals surface area contributed by atoms with Crippen LogP contribution in [0.1, 0.15) is 44.1 Å². The van der Waals surface area contributed by atoms with Gasteiger partial charge in [-0.2, -0.15) is 5.10 Å². The van der Waals surface area contributed by atoms with Crippen LogP contribution >= 0.6 is 27.3 Å². The standard InChI is InChI=1S/C19H16BrFN4OS.C3H8/c1-3-15(18(26)22-9-13-11-27-19(20)24-13)16-10-23-25(17(16)4-2)14-7-5-12(21)6-8-14;1-3-2/h3-8,10-11H,2,9H2,1H3,(H,22,26);3H2,1-2H3/b15-3+;. The third-order valence-electron chi connectivity index (χ3n) is 3.85. The number of thiazole rings is 1. The number of carbonyl (C=O) groups is 1. The van der Waals surface area contributed by atoms with Crippen molar-refractivity contribution in [3.8, 4) is 5.69 Å². The Balaban J connectivity index is 0.00000101. The number of aromatic nitrogens is 3. The van der Waals surface area contributed by atoms with Crippen LogP contribution in [-0.2, 0) is 11.3 Å². The molecule has 0 spiro atoms. The van der Waals surface area contributed by atoms with Crippen molar-refractivity contribution >= 4 is 44.8 Å². The van der Waals surface area contributed by atoms with Gasteiger partial charge in [0.05, 0.1) is 29.8 Å². The summed E-state index contributed by atoms with van der Waals surface area (Å²) >= 11 is 4.77. The summed E-state index contributed by atoms with van der Waals surface area (Å²) in [7, 11) is 0. The van der Waals surface area contributed by atoms with Gasteiger partial charge in [0.2, 0.25) is 0 Å². The summed E-state index contributed by atoms with van der Waals surface area (Å²) in [6.45, 7) is 10.2. The molecular weight excluding hydrogens is 467 g/mol. The average molecular weight is 491 g/mol. The molecule has 0 saturated carbocycles. The molecule has 0 fully saturated rings. The van der Waals surface area contributed by atoms with Crippen molar-refractivity contribution in [2.24, 2.45) is 0 Å². The molecule has 2 heterocycles. The normalized spacial score (nSPS) is 10.9. The van der Waals surface area contributed by atoms with Crippen molar-refractivity contribution in [2.75, 3.05) is 0 Å². The molecular formula is C22H24BrFN4OS. The van der Waals surface area contributed by atoms with Gasteiger partial charge in [0.15, 0.2) is 3.92 Å². The van der Waals surface area contributed by atoms with Gasteiger partial charge in [-0.25, -0.2) is 14.1 Å². The molecule has 0 unspecified atom stereocenters. The number of amides is 1. The first-order chi connectivity index (χ1) is 14.4. The SMILES string of the molecule is C=Cc1c(/C(=C\C)C(=O)NCc2csc(Br)n2)cnn1-c1ccc(F)cc1.CCC. The molecule has 1 N–H and O–H groups in total. The second-order valence-corrected chi connectivity index (χ2v) is 8.35. The van der Waals surface area contributed by atoms with E-state index in [9.17, 15) is 9.18 Å². The lowest BCUT2D eigenvalue weighted by atomic mass is 10.1. The van der Waals surface area contributed by atoms with Gasteiger partial charge in [-0.15, -0.1) is 11.3 Å². The van der Waals surface area contributed by atoms with E-state index in [1.165, 1.54) is 29.9 Å². The molecule has 8 heteroatoms. The van der Waals surface area contributed by atoms with Crippen molar-refractivity contribution in [2.45, 2.75) is 33.7 Å². The summed E-state index contributed by atoms with van der Waals surface area (Å²) in [4.78, 5) is 16.9. The van der Waals surface area contributed by atoms with Crippen LogP contribution in [0, 0.1) is 5.82 Å². The fourth-order valence-corrected chi connectivity index (χ4v) is 3.64. The smallest absolute Gasteiger partial charge is 0.252 e. The minimum absolute atomic E-state index is 0.233. The first-order valence-electron chi connectivity index (χ1n) is 9.46. The lowest BCUT2D eigenvalue weighted by Gasteiger charge is -2.09. The number of nitrogens with zero attached hydrogens (tertiary/aromatic N) is 3. The Bertz CT molecular complexity index is 1020. The third kappa shape index (κ3) is 5.96. The summed E-state index contributed by atoms with van der Waals surface area (Å²) in [5.41, 5.74) is 3.24. The summed E-state index contributed by atoms with van der Waals surface area (Å²) < 4.78 is 15.6. The largest absolute Gasteiger partial charge is 0.346 e. The zero-order valence-electron chi connectivity index (χ0n) is 17.2. The number of hydrogen-bond acceptors (Lipinski definition) is 4. The molecule has 0 bridgehead atoms. The summed E-state index contributed by atoms with van der Waals surface area (Å²) in [6, 6.07) is 5.96. The van der Waals surface area contributed by atoms with Crippen molar-refractivity contribution < 1.29 is 9.18 Å². The van der Waals surface area contributed by atoms with Crippen molar-refractivity contribution in [3.63, 3.8) is 0 Å². The van der Waals surface area contributed by atoms with E-state index in [-0.39, 0.29) is 11.7 Å². The number of carbonyl (C=O) groups excluding carboxylic acids is 1. The summed E-state index contributed by atoms with van der Waals surface area (Å²) in [5.74, 6) is -0.558. The van der Waals surface area contributed by atoms with Crippen LogP contribution in [0.2, 0.25) is 0 Å². The molecule has 0 saturated heterocycles. The van der Waals surface area contributed by atoms with E-state index < -0.39 is 0 Å². The maximum absolute atomic E-state index is 13.2. The van der Waals surface area contributed by atoms with E-state index >= 15 is 0 Å². The van der Waals surface area contributed by atoms with Gasteiger partial charge in [-0.3, -0.25) is 4.79 Å². The number of benzene rings is 1. The van der Waals surface area contributed by atoms with Crippen molar-refractivity contribution in [1.82, 2.24) is 20.1 Å². The number of hydrogen-bond donors (Lipinski definition) is 1. The highest BCUT2D eigenvalue weighted by Gasteiger charge is 2.18. The van der Waals surface area contributed by atoms with Gasteiger partial charge in [-0.1, -0.05) is 32.9 Å². The van der Waals surface area contributed by atoms with Gasteiger partial charge in [0.1, 0.15) is 5.82 Å². The van der Waals surface area contributed by atoms with Gasteiger partial charge in [0.25, 0.3) is 5.91 Å². The maximum Gasteiger partial charge on any atom is 0.252 e. The van der Waals surface area contributed by atoms with Crippen LogP contribution in [-0.4, -0.2) is 20.7 Å². The Morgan fingerprint density at radius 1 is 1.33 bits per heavy atom. The van der Waals surface area contributed by atoms with Gasteiger partial charge in [0, 0.05) is 16.5 Å². The molecule has 0 aliphatic rings. The number of nitrogens with one attached hydrogen (secondary N) is 1. The molecule has 0 aliphatic carbocycles. The highest BCUT2D eigenvalue weighted by Crippen LogP contribution is 2.24. The highest BCUT2D eigenvalue weighted by atomic mass is 79.9. The molecule has 1 aromatic carbocycles. The van der Waals surface area contributed by atoms with E-state index in [1.54, 1.807) is 42.1 Å². The van der Waals surface area contributed by atoms with E-state index in [1.807, 2.05) is 5.38 Å². The van der Waals surface area contributed by atoms with E-state index in [0.29, 0.717) is 29.1 Å². The number of allylic oxidation sites excluding steroid dienone is 1. The topological polar surface area (TPSA) is 59.8 Å². The van der Waals surface area contributed by atoms with Crippen LogP contribution in [0.4, 0.5) is 4.39 Å². The Labute approximate surface area is 188 Å². The van der Waals surface area contributed by atoms with Crippen molar-refractivity contribution in [3.05, 3.63) is 75.2 Å². The van der Waals surface area contributed by atoms with Crippen LogP contribution in [0.5, 0.6) is 0 Å². The highest BCUT2D eigenvalue weighted by molar-refractivity contribution is 9.11. The molecule has 0 radical (unpaired) electrons. The molecule has 30 heavy (non-hydrogen) atoms. The molecule has 3 rings (SSSR count). The van der Waals surface area contributed by atoms with Gasteiger partial charge >= 0.3 is 0 Å². The molecule has 2 aromatic heterocycles. The fraction of sp³-hybridized carbons (Fsp3) is 0.227. The predicted molar refractivity (Wildman–Crippen MR) is 125 cm³/mol. The van der Waals surface area contributed by atoms with Crippen LogP contribution in [0.15, 0.2) is 52.4 Å². The van der Waals surface area contributed by atoms with E-state index in [4.69, 9.17) is 0 Å². The minimum atomic E-state index is -0.325. The Morgan fingerprint density at radius 2 is 2.00 bits per heavy atom. The second-order valence-electron chi connectivity index (χ2n) is 6.22. The number of rotatable bonds is 6. The minimum Gasteiger partial charge on any atom is -0.346 e. The monoisotopic (exact) mass is 490 g/mol. The van der Waals surface area contributed by atoms with Gasteiger partial charge < -0.3 is 5.32 Å². The van der Waals surface area contributed by atoms with E-state index in [2.05, 4.69) is 51.8 Å². The Hall–Kier alpha value is -2.58. The molecule has 5 nitrogen and oxygen atoms in total. The summed E-state index contributed by atoms with van der Waals surface area (Å²) in [6.07, 6.45) is 6.21. The predicted octanol–water partition coefficient (Wildman–Crippen LogP) is 6.01. The summed E-state index contributed by atoms with van der Waals surface area (Å²) in [5, 5.41) is 9.09. The zero-order valence-corrected chi connectivity index (χ0v) is 19.6. The third-order valence-corrected chi connectivity index (χ3v) is 5.26. The molecule has 3 aromatic rings.